The molecule has 0 spiro atoms. The van der Waals surface area contributed by atoms with E-state index in [9.17, 15) is 21.6 Å². The van der Waals surface area contributed by atoms with Crippen LogP contribution in [0.3, 0.4) is 0 Å². The zero-order chi connectivity index (χ0) is 27.9. The van der Waals surface area contributed by atoms with Crippen molar-refractivity contribution in [3.8, 4) is 34.1 Å². The van der Waals surface area contributed by atoms with Crippen LogP contribution in [0.4, 0.5) is 13.2 Å². The molecule has 40 heavy (non-hydrogen) atoms. The summed E-state index contributed by atoms with van der Waals surface area (Å²) in [5, 5.41) is 0. The van der Waals surface area contributed by atoms with Gasteiger partial charge in [-0.05, 0) is 54.8 Å². The van der Waals surface area contributed by atoms with Crippen LogP contribution in [0.15, 0.2) is 66.9 Å². The van der Waals surface area contributed by atoms with Crippen molar-refractivity contribution in [1.29, 1.82) is 0 Å². The Hall–Kier alpha value is -3.90. The number of sulfonamides is 1. The Morgan fingerprint density at radius 1 is 0.975 bits per heavy atom. The number of nitrogens with one attached hydrogen (secondary N) is 1. The van der Waals surface area contributed by atoms with E-state index in [0.29, 0.717) is 30.0 Å². The van der Waals surface area contributed by atoms with Crippen molar-refractivity contribution >= 4 is 10.0 Å². The second-order valence-electron chi connectivity index (χ2n) is 9.76. The molecule has 0 aliphatic carbocycles. The summed E-state index contributed by atoms with van der Waals surface area (Å²) in [6.45, 7) is 0.642. The molecule has 0 atom stereocenters. The van der Waals surface area contributed by atoms with Crippen molar-refractivity contribution in [3.63, 3.8) is 0 Å². The predicted octanol–water partition coefficient (Wildman–Crippen LogP) is 5.60. The summed E-state index contributed by atoms with van der Waals surface area (Å²) in [6, 6.07) is 15.7. The van der Waals surface area contributed by atoms with Gasteiger partial charge in [-0.2, -0.15) is 13.2 Å². The third-order valence-electron chi connectivity index (χ3n) is 7.13. The number of ether oxygens (including phenoxy) is 2. The number of hydrogen-bond donors (Lipinski definition) is 1. The van der Waals surface area contributed by atoms with E-state index in [0.717, 1.165) is 34.9 Å². The number of aromatic amines is 1. The zero-order valence-corrected chi connectivity index (χ0v) is 22.0. The molecule has 2 aromatic carbocycles. The van der Waals surface area contributed by atoms with Gasteiger partial charge in [0, 0.05) is 30.8 Å². The maximum absolute atomic E-state index is 13.1. The Kier molecular flexibility index (Phi) is 6.75. The molecule has 1 N–H and O–H groups in total. The number of halogens is 3. The van der Waals surface area contributed by atoms with Gasteiger partial charge in [-0.1, -0.05) is 24.3 Å². The van der Waals surface area contributed by atoms with Crippen LogP contribution in [0, 0.1) is 0 Å². The topological polar surface area (TPSA) is 97.4 Å². The fourth-order valence-corrected chi connectivity index (χ4v) is 6.63. The lowest BCUT2D eigenvalue weighted by Gasteiger charge is -2.30. The summed E-state index contributed by atoms with van der Waals surface area (Å²) in [7, 11) is -3.80. The molecule has 0 unspecified atom stereocenters. The van der Waals surface area contributed by atoms with E-state index in [1.165, 1.54) is 16.4 Å². The van der Waals surface area contributed by atoms with E-state index in [-0.39, 0.29) is 31.4 Å². The third-order valence-corrected chi connectivity index (χ3v) is 8.98. The van der Waals surface area contributed by atoms with Crippen molar-refractivity contribution in [2.45, 2.75) is 30.7 Å². The fraction of sp³-hybridized carbons (Fsp3) is 0.286. The standard InChI is InChI=1S/C28H25F3N4O4S/c29-28(30,31)21-5-3-4-18(14-21)16-40(36,37)35-12-9-19(10-13-35)27-33-25(26(34-27)22-6-1-2-11-32-22)20-7-8-23-24(15-20)39-17-38-23/h1-8,11,14-15,19H,9-10,12-13,16-17H2,(H,33,34). The Morgan fingerprint density at radius 2 is 1.77 bits per heavy atom. The summed E-state index contributed by atoms with van der Waals surface area (Å²) in [5.74, 6) is 1.50. The molecule has 4 heterocycles. The molecule has 0 radical (unpaired) electrons. The van der Waals surface area contributed by atoms with Gasteiger partial charge in [0.05, 0.1) is 28.4 Å². The molecular weight excluding hydrogens is 545 g/mol. The van der Waals surface area contributed by atoms with Crippen molar-refractivity contribution in [3.05, 3.63) is 83.8 Å². The number of alkyl halides is 3. The highest BCUT2D eigenvalue weighted by molar-refractivity contribution is 7.88. The second kappa shape index (κ2) is 10.3. The van der Waals surface area contributed by atoms with E-state index in [4.69, 9.17) is 14.5 Å². The Labute approximate surface area is 228 Å². The molecule has 2 aliphatic rings. The molecular formula is C28H25F3N4O4S. The molecule has 4 aromatic rings. The highest BCUT2D eigenvalue weighted by Gasteiger charge is 2.33. The number of hydrogen-bond acceptors (Lipinski definition) is 6. The van der Waals surface area contributed by atoms with E-state index in [1.54, 1.807) is 6.20 Å². The third kappa shape index (κ3) is 5.28. The summed E-state index contributed by atoms with van der Waals surface area (Å²) >= 11 is 0. The normalized spacial score (nSPS) is 16.4. The van der Waals surface area contributed by atoms with Crippen molar-refractivity contribution in [2.24, 2.45) is 0 Å². The quantitative estimate of drug-likeness (QED) is 0.324. The largest absolute Gasteiger partial charge is 0.454 e. The minimum absolute atomic E-state index is 0.0368. The highest BCUT2D eigenvalue weighted by atomic mass is 32.2. The SMILES string of the molecule is O=S(=O)(Cc1cccc(C(F)(F)F)c1)N1CCC(c2nc(-c3ccc4c(c3)OCO4)c(-c3ccccn3)[nH]2)CC1. The summed E-state index contributed by atoms with van der Waals surface area (Å²) in [6.07, 6.45) is -1.81. The first kappa shape index (κ1) is 26.3. The van der Waals surface area contributed by atoms with Crippen LogP contribution >= 0.6 is 0 Å². The maximum Gasteiger partial charge on any atom is 0.416 e. The number of piperidine rings is 1. The number of H-pyrrole nitrogens is 1. The van der Waals surface area contributed by atoms with Gasteiger partial charge in [0.2, 0.25) is 16.8 Å². The Bertz CT molecular complexity index is 1630. The van der Waals surface area contributed by atoms with Crippen molar-refractivity contribution in [2.75, 3.05) is 19.9 Å². The summed E-state index contributed by atoms with van der Waals surface area (Å²) in [4.78, 5) is 12.8. The minimum atomic E-state index is -4.53. The number of fused-ring (bicyclic) bond motifs is 1. The summed E-state index contributed by atoms with van der Waals surface area (Å²) < 4.78 is 77.7. The number of nitrogens with zero attached hydrogens (tertiary/aromatic N) is 3. The maximum atomic E-state index is 13.1. The number of pyridine rings is 1. The average molecular weight is 571 g/mol. The van der Waals surface area contributed by atoms with Gasteiger partial charge in [0.15, 0.2) is 11.5 Å². The predicted molar refractivity (Wildman–Crippen MR) is 141 cm³/mol. The molecule has 2 aromatic heterocycles. The molecule has 0 amide bonds. The molecule has 8 nitrogen and oxygen atoms in total. The van der Waals surface area contributed by atoms with E-state index >= 15 is 0 Å². The van der Waals surface area contributed by atoms with Gasteiger partial charge in [0.1, 0.15) is 5.82 Å². The first-order valence-corrected chi connectivity index (χ1v) is 14.3. The molecule has 1 fully saturated rings. The lowest BCUT2D eigenvalue weighted by atomic mass is 9.97. The number of aromatic nitrogens is 3. The van der Waals surface area contributed by atoms with Crippen LogP contribution in [0.1, 0.15) is 35.7 Å². The molecule has 0 saturated carbocycles. The Morgan fingerprint density at radius 3 is 2.52 bits per heavy atom. The number of rotatable bonds is 6. The van der Waals surface area contributed by atoms with Crippen LogP contribution in [-0.4, -0.2) is 47.6 Å². The average Bonchev–Trinajstić information content (AvgIpc) is 3.60. The first-order chi connectivity index (χ1) is 19.2. The van der Waals surface area contributed by atoms with Gasteiger partial charge >= 0.3 is 6.18 Å². The van der Waals surface area contributed by atoms with Crippen LogP contribution in [0.2, 0.25) is 0 Å². The van der Waals surface area contributed by atoms with Crippen molar-refractivity contribution < 1.29 is 31.1 Å². The lowest BCUT2D eigenvalue weighted by Crippen LogP contribution is -2.38. The monoisotopic (exact) mass is 570 g/mol. The molecule has 0 bridgehead atoms. The van der Waals surface area contributed by atoms with E-state index < -0.39 is 27.5 Å². The second-order valence-corrected chi connectivity index (χ2v) is 11.7. The number of imidazole rings is 1. The summed E-state index contributed by atoms with van der Waals surface area (Å²) in [5.41, 5.74) is 2.24. The molecule has 2 aliphatic heterocycles. The van der Waals surface area contributed by atoms with Crippen LogP contribution < -0.4 is 9.47 Å². The van der Waals surface area contributed by atoms with Gasteiger partial charge in [-0.15, -0.1) is 0 Å². The van der Waals surface area contributed by atoms with Gasteiger partial charge < -0.3 is 14.5 Å². The van der Waals surface area contributed by atoms with E-state index in [1.807, 2.05) is 36.4 Å². The smallest absolute Gasteiger partial charge is 0.416 e. The number of benzene rings is 2. The van der Waals surface area contributed by atoms with Crippen molar-refractivity contribution in [1.82, 2.24) is 19.3 Å². The van der Waals surface area contributed by atoms with Crippen LogP contribution in [-0.2, 0) is 22.0 Å². The molecule has 208 valence electrons. The lowest BCUT2D eigenvalue weighted by molar-refractivity contribution is -0.137. The molecule has 12 heteroatoms. The van der Waals surface area contributed by atoms with Crippen LogP contribution in [0.25, 0.3) is 22.6 Å². The van der Waals surface area contributed by atoms with E-state index in [2.05, 4.69) is 9.97 Å². The highest BCUT2D eigenvalue weighted by Crippen LogP contribution is 2.40. The zero-order valence-electron chi connectivity index (χ0n) is 21.2. The first-order valence-electron chi connectivity index (χ1n) is 12.7. The van der Waals surface area contributed by atoms with Gasteiger partial charge in [0.25, 0.3) is 0 Å². The minimum Gasteiger partial charge on any atom is -0.454 e. The van der Waals surface area contributed by atoms with Crippen LogP contribution in [0.5, 0.6) is 11.5 Å². The molecule has 1 saturated heterocycles. The van der Waals surface area contributed by atoms with Gasteiger partial charge in [-0.25, -0.2) is 17.7 Å². The molecule has 6 rings (SSSR count). The van der Waals surface area contributed by atoms with Gasteiger partial charge in [-0.3, -0.25) is 4.98 Å². The Balaban J connectivity index is 1.21. The fourth-order valence-electron chi connectivity index (χ4n) is 5.08.